The highest BCUT2D eigenvalue weighted by Gasteiger charge is 2.25. The van der Waals surface area contributed by atoms with Crippen LogP contribution in [0.2, 0.25) is 0 Å². The zero-order valence-corrected chi connectivity index (χ0v) is 35.8. The van der Waals surface area contributed by atoms with Gasteiger partial charge in [-0.15, -0.1) is 10.2 Å². The third-order valence-corrected chi connectivity index (χ3v) is 12.4. The van der Waals surface area contributed by atoms with Crippen molar-refractivity contribution in [3.8, 4) is 79.8 Å². The van der Waals surface area contributed by atoms with Crippen molar-refractivity contribution < 1.29 is 4.42 Å². The van der Waals surface area contributed by atoms with Crippen molar-refractivity contribution in [2.45, 2.75) is 0 Å². The van der Waals surface area contributed by atoms with Crippen LogP contribution in [0, 0.1) is 0 Å². The van der Waals surface area contributed by atoms with E-state index in [1.54, 1.807) is 0 Å². The molecule has 0 spiro atoms. The fraction of sp³-hybridized carbons (Fsp3) is 0. The average Bonchev–Trinajstić information content (AvgIpc) is 4.13. The van der Waals surface area contributed by atoms with Crippen molar-refractivity contribution in [2.75, 3.05) is 0 Å². The van der Waals surface area contributed by atoms with Crippen molar-refractivity contribution >= 4 is 43.6 Å². The van der Waals surface area contributed by atoms with Crippen LogP contribution in [0.25, 0.3) is 123 Å². The number of aromatic nitrogens is 8. The molecule has 0 saturated carbocycles. The summed E-state index contributed by atoms with van der Waals surface area (Å²) in [5.41, 5.74) is 12.3. The molecule has 0 atom stereocenters. The maximum Gasteiger partial charge on any atom is 0.250 e. The van der Waals surface area contributed by atoms with Crippen LogP contribution in [0.4, 0.5) is 0 Å². The minimum Gasteiger partial charge on any atom is -0.416 e. The number of hydrogen-bond donors (Lipinski definition) is 0. The second-order valence-electron chi connectivity index (χ2n) is 16.4. The van der Waals surface area contributed by atoms with E-state index in [2.05, 4.69) is 118 Å². The molecule has 8 aromatic carbocycles. The van der Waals surface area contributed by atoms with Crippen LogP contribution < -0.4 is 0 Å². The van der Waals surface area contributed by atoms with Crippen molar-refractivity contribution in [1.82, 2.24) is 39.3 Å². The molecule has 5 heterocycles. The summed E-state index contributed by atoms with van der Waals surface area (Å²) in [6, 6.07) is 74.1. The van der Waals surface area contributed by atoms with Crippen LogP contribution in [0.15, 0.2) is 223 Å². The molecule has 0 bridgehead atoms. The highest BCUT2D eigenvalue weighted by molar-refractivity contribution is 6.14. The van der Waals surface area contributed by atoms with E-state index in [-0.39, 0.29) is 0 Å². The molecule has 67 heavy (non-hydrogen) atoms. The van der Waals surface area contributed by atoms with Gasteiger partial charge < -0.3 is 4.42 Å². The smallest absolute Gasteiger partial charge is 0.250 e. The lowest BCUT2D eigenvalue weighted by atomic mass is 10.1. The molecule has 9 nitrogen and oxygen atoms in total. The van der Waals surface area contributed by atoms with Gasteiger partial charge >= 0.3 is 0 Å². The van der Waals surface area contributed by atoms with Gasteiger partial charge in [-0.25, -0.2) is 19.9 Å². The minimum atomic E-state index is 0.362. The summed E-state index contributed by atoms with van der Waals surface area (Å²) < 4.78 is 11.1. The fourth-order valence-corrected chi connectivity index (χ4v) is 9.33. The van der Waals surface area contributed by atoms with E-state index in [1.807, 2.05) is 109 Å². The number of rotatable bonds is 8. The number of para-hydroxylation sites is 4. The minimum absolute atomic E-state index is 0.362. The molecule has 0 amide bonds. The Balaban J connectivity index is 1.02. The first-order valence-electron chi connectivity index (χ1n) is 22.1. The maximum atomic E-state index is 6.89. The highest BCUT2D eigenvalue weighted by atomic mass is 16.4. The zero-order chi connectivity index (χ0) is 44.3. The Bertz CT molecular complexity index is 3600. The first-order valence-corrected chi connectivity index (χ1v) is 22.1. The van der Waals surface area contributed by atoms with Gasteiger partial charge in [0.25, 0.3) is 0 Å². The lowest BCUT2D eigenvalue weighted by molar-refractivity contribution is 0.585. The molecule has 314 valence electrons. The van der Waals surface area contributed by atoms with Crippen LogP contribution >= 0.6 is 0 Å². The SMILES string of the molecule is c1ccc(-c2cc(-c3ccccc3)nc(-n3c4ccccc4c4cccc(-c5nnc(-c6cccc7c8ccccc8n(-c8nc(-c9ccccc9)cc(-c9ccccc9)n8)c67)o5)c43)n2)cc1. The number of hydrogen-bond acceptors (Lipinski definition) is 7. The summed E-state index contributed by atoms with van der Waals surface area (Å²) in [4.78, 5) is 21.1. The molecule has 0 aliphatic rings. The van der Waals surface area contributed by atoms with Crippen LogP contribution in [-0.4, -0.2) is 39.3 Å². The molecule has 0 aliphatic heterocycles. The molecule has 13 rings (SSSR count). The van der Waals surface area contributed by atoms with Crippen molar-refractivity contribution in [1.29, 1.82) is 0 Å². The van der Waals surface area contributed by atoms with E-state index >= 15 is 0 Å². The van der Waals surface area contributed by atoms with E-state index < -0.39 is 0 Å². The van der Waals surface area contributed by atoms with Gasteiger partial charge in [-0.3, -0.25) is 9.13 Å². The Morgan fingerprint density at radius 3 is 0.970 bits per heavy atom. The van der Waals surface area contributed by atoms with Crippen LogP contribution in [0.1, 0.15) is 0 Å². The third kappa shape index (κ3) is 6.48. The Hall–Kier alpha value is -9.34. The molecule has 0 saturated heterocycles. The maximum absolute atomic E-state index is 6.89. The molecule has 0 aliphatic carbocycles. The lowest BCUT2D eigenvalue weighted by Gasteiger charge is -2.13. The quantitative estimate of drug-likeness (QED) is 0.150. The van der Waals surface area contributed by atoms with Crippen LogP contribution in [0.3, 0.4) is 0 Å². The summed E-state index contributed by atoms with van der Waals surface area (Å²) in [7, 11) is 0. The average molecular weight is 861 g/mol. The predicted octanol–water partition coefficient (Wildman–Crippen LogP) is 13.8. The Morgan fingerprint density at radius 1 is 0.299 bits per heavy atom. The molecule has 0 fully saturated rings. The van der Waals surface area contributed by atoms with Gasteiger partial charge in [0, 0.05) is 43.8 Å². The third-order valence-electron chi connectivity index (χ3n) is 12.4. The largest absolute Gasteiger partial charge is 0.416 e. The fourth-order valence-electron chi connectivity index (χ4n) is 9.33. The Kier molecular flexibility index (Phi) is 8.95. The van der Waals surface area contributed by atoms with Gasteiger partial charge in [0.1, 0.15) is 0 Å². The molecule has 13 aromatic rings. The number of benzene rings is 8. The van der Waals surface area contributed by atoms with E-state index in [0.717, 1.165) is 99.8 Å². The van der Waals surface area contributed by atoms with Gasteiger partial charge in [0.15, 0.2) is 0 Å². The second-order valence-corrected chi connectivity index (χ2v) is 16.4. The number of fused-ring (bicyclic) bond motifs is 6. The van der Waals surface area contributed by atoms with Crippen LogP contribution in [0.5, 0.6) is 0 Å². The molecule has 0 radical (unpaired) electrons. The summed E-state index contributed by atoms with van der Waals surface area (Å²) >= 11 is 0. The first-order chi connectivity index (χ1) is 33.2. The van der Waals surface area contributed by atoms with Gasteiger partial charge in [-0.1, -0.05) is 182 Å². The van der Waals surface area contributed by atoms with Gasteiger partial charge in [0.2, 0.25) is 23.7 Å². The summed E-state index contributed by atoms with van der Waals surface area (Å²) in [6.45, 7) is 0. The normalized spacial score (nSPS) is 11.6. The molecule has 9 heteroatoms. The van der Waals surface area contributed by atoms with Gasteiger partial charge in [-0.05, 0) is 36.4 Å². The summed E-state index contributed by atoms with van der Waals surface area (Å²) in [5, 5.41) is 13.7. The lowest BCUT2D eigenvalue weighted by Crippen LogP contribution is -2.04. The van der Waals surface area contributed by atoms with Crippen LogP contribution in [-0.2, 0) is 0 Å². The van der Waals surface area contributed by atoms with Gasteiger partial charge in [-0.2, -0.15) is 0 Å². The Morgan fingerprint density at radius 2 is 0.612 bits per heavy atom. The second kappa shape index (κ2) is 15.7. The van der Waals surface area contributed by atoms with Crippen molar-refractivity contribution in [3.63, 3.8) is 0 Å². The van der Waals surface area contributed by atoms with E-state index in [0.29, 0.717) is 23.7 Å². The summed E-state index contributed by atoms with van der Waals surface area (Å²) in [6.07, 6.45) is 0. The number of nitrogens with zero attached hydrogens (tertiary/aromatic N) is 8. The Labute approximate surface area is 384 Å². The molecule has 5 aromatic heterocycles. The first kappa shape index (κ1) is 38.1. The highest BCUT2D eigenvalue weighted by Crippen LogP contribution is 2.41. The topological polar surface area (TPSA) is 100 Å². The predicted molar refractivity (Wildman–Crippen MR) is 267 cm³/mol. The van der Waals surface area contributed by atoms with Gasteiger partial charge in [0.05, 0.1) is 56.0 Å². The summed E-state index contributed by atoms with van der Waals surface area (Å²) in [5.74, 6) is 1.78. The van der Waals surface area contributed by atoms with E-state index in [1.165, 1.54) is 0 Å². The van der Waals surface area contributed by atoms with Crippen molar-refractivity contribution in [3.05, 3.63) is 218 Å². The molecular weight excluding hydrogens is 825 g/mol. The zero-order valence-electron chi connectivity index (χ0n) is 35.8. The molecular formula is C58H36N8O. The standard InChI is InChI=1S/C58H36N8O/c1-5-19-37(20-6-1)47-35-48(38-21-7-2-8-22-38)60-57(59-47)65-51-33-15-13-27-41(51)43-29-17-31-45(53(43)65)55-63-64-56(67-55)46-32-18-30-44-42-28-14-16-34-52(42)66(54(44)46)58-61-49(39-23-9-3-10-24-39)36-50(62-58)40-25-11-4-12-26-40/h1-36H. The molecule has 0 N–H and O–H groups in total. The van der Waals surface area contributed by atoms with E-state index in [9.17, 15) is 0 Å². The molecule has 0 unspecified atom stereocenters. The monoisotopic (exact) mass is 860 g/mol. The van der Waals surface area contributed by atoms with Crippen molar-refractivity contribution in [2.24, 2.45) is 0 Å². The van der Waals surface area contributed by atoms with E-state index in [4.69, 9.17) is 34.6 Å².